The molecule has 0 amide bonds. The van der Waals surface area contributed by atoms with Crippen LogP contribution in [0.5, 0.6) is 0 Å². The molecule has 0 spiro atoms. The van der Waals surface area contributed by atoms with Crippen molar-refractivity contribution in [2.24, 2.45) is 0 Å². The maximum Gasteiger partial charge on any atom is 0.240 e. The molecule has 32 heavy (non-hydrogen) atoms. The highest BCUT2D eigenvalue weighted by Gasteiger charge is 2.20. The van der Waals surface area contributed by atoms with Gasteiger partial charge in [-0.1, -0.05) is 12.1 Å². The van der Waals surface area contributed by atoms with Gasteiger partial charge in [0.25, 0.3) is 0 Å². The van der Waals surface area contributed by atoms with Crippen molar-refractivity contribution in [2.45, 2.75) is 17.4 Å². The normalized spacial score (nSPS) is 12.6. The number of ether oxygens (including phenoxy) is 1. The molecule has 10 nitrogen and oxygen atoms in total. The zero-order valence-electron chi connectivity index (χ0n) is 17.3. The minimum atomic E-state index is -3.70. The standard InChI is InChI=1S/C21H21N7O3S/c1-31-10-9-27-32(29,30)17-4-2-3-15(11-17)19(5-7-22)28-13-16(12-26-28)20-18-6-8-23-21(18)25-14-24-20/h2-4,6,8,11-14,19,27H,5,9-10H2,1H3,(H,23,24,25). The fourth-order valence-corrected chi connectivity index (χ4v) is 4.50. The van der Waals surface area contributed by atoms with Gasteiger partial charge in [0.05, 0.1) is 41.9 Å². The van der Waals surface area contributed by atoms with Crippen molar-refractivity contribution in [1.29, 1.82) is 5.26 Å². The van der Waals surface area contributed by atoms with Crippen molar-refractivity contribution >= 4 is 21.1 Å². The molecular weight excluding hydrogens is 430 g/mol. The summed E-state index contributed by atoms with van der Waals surface area (Å²) in [5, 5.41) is 14.7. The molecule has 3 aromatic heterocycles. The zero-order valence-corrected chi connectivity index (χ0v) is 18.1. The van der Waals surface area contributed by atoms with E-state index in [4.69, 9.17) is 4.74 Å². The predicted octanol–water partition coefficient (Wildman–Crippen LogP) is 2.25. The molecule has 0 aliphatic carbocycles. The molecule has 164 valence electrons. The summed E-state index contributed by atoms with van der Waals surface area (Å²) in [6, 6.07) is 10.1. The Balaban J connectivity index is 1.67. The molecule has 1 atom stereocenters. The summed E-state index contributed by atoms with van der Waals surface area (Å²) in [7, 11) is -2.20. The number of rotatable bonds is 9. The lowest BCUT2D eigenvalue weighted by Gasteiger charge is -2.16. The second-order valence-corrected chi connectivity index (χ2v) is 8.78. The summed E-state index contributed by atoms with van der Waals surface area (Å²) < 4.78 is 34.2. The average molecular weight is 452 g/mol. The third-order valence-electron chi connectivity index (χ3n) is 4.98. The number of hydrogen-bond acceptors (Lipinski definition) is 7. The molecule has 0 aliphatic heterocycles. The molecule has 0 fully saturated rings. The lowest BCUT2D eigenvalue weighted by molar-refractivity contribution is 0.204. The predicted molar refractivity (Wildman–Crippen MR) is 117 cm³/mol. The highest BCUT2D eigenvalue weighted by Crippen LogP contribution is 2.28. The fraction of sp³-hybridized carbons (Fsp3) is 0.238. The third-order valence-corrected chi connectivity index (χ3v) is 6.44. The number of fused-ring (bicyclic) bond motifs is 1. The van der Waals surface area contributed by atoms with Crippen LogP contribution in [0.1, 0.15) is 18.0 Å². The van der Waals surface area contributed by atoms with Crippen LogP contribution in [-0.2, 0) is 14.8 Å². The van der Waals surface area contributed by atoms with E-state index in [-0.39, 0.29) is 24.5 Å². The van der Waals surface area contributed by atoms with Gasteiger partial charge in [-0.3, -0.25) is 4.68 Å². The lowest BCUT2D eigenvalue weighted by atomic mass is 10.0. The van der Waals surface area contributed by atoms with Gasteiger partial charge >= 0.3 is 0 Å². The summed E-state index contributed by atoms with van der Waals surface area (Å²) in [4.78, 5) is 11.7. The number of nitrogens with zero attached hydrogens (tertiary/aromatic N) is 5. The maximum atomic E-state index is 12.6. The number of sulfonamides is 1. The first-order valence-corrected chi connectivity index (χ1v) is 11.3. The van der Waals surface area contributed by atoms with E-state index in [2.05, 4.69) is 30.8 Å². The van der Waals surface area contributed by atoms with Gasteiger partial charge in [0.2, 0.25) is 10.0 Å². The van der Waals surface area contributed by atoms with E-state index in [1.807, 2.05) is 6.07 Å². The molecule has 2 N–H and O–H groups in total. The summed E-state index contributed by atoms with van der Waals surface area (Å²) in [5.74, 6) is 0. The molecule has 11 heteroatoms. The first-order valence-electron chi connectivity index (χ1n) is 9.81. The Kier molecular flexibility index (Phi) is 6.27. The SMILES string of the molecule is COCCNS(=O)(=O)c1cccc(C(CC#N)n2cc(-c3ncnc4[nH]ccc34)cn2)c1. The van der Waals surface area contributed by atoms with Crippen LogP contribution in [0.3, 0.4) is 0 Å². The van der Waals surface area contributed by atoms with Crippen molar-refractivity contribution in [1.82, 2.24) is 29.5 Å². The van der Waals surface area contributed by atoms with E-state index in [0.29, 0.717) is 5.56 Å². The van der Waals surface area contributed by atoms with Gasteiger partial charge < -0.3 is 9.72 Å². The van der Waals surface area contributed by atoms with E-state index >= 15 is 0 Å². The summed E-state index contributed by atoms with van der Waals surface area (Å²) in [6.07, 6.45) is 6.85. The second-order valence-electron chi connectivity index (χ2n) is 7.01. The molecule has 0 saturated heterocycles. The molecule has 4 aromatic rings. The van der Waals surface area contributed by atoms with Crippen molar-refractivity contribution in [3.05, 3.63) is 60.8 Å². The number of nitriles is 1. The number of methoxy groups -OCH3 is 1. The van der Waals surface area contributed by atoms with Crippen LogP contribution in [0, 0.1) is 11.3 Å². The molecular formula is C21H21N7O3S. The van der Waals surface area contributed by atoms with E-state index < -0.39 is 16.1 Å². The van der Waals surface area contributed by atoms with Crippen molar-refractivity contribution < 1.29 is 13.2 Å². The second kappa shape index (κ2) is 9.27. The van der Waals surface area contributed by atoms with Gasteiger partial charge in [-0.2, -0.15) is 10.4 Å². The van der Waals surface area contributed by atoms with Crippen LogP contribution in [0.15, 0.2) is 60.1 Å². The molecule has 0 bridgehead atoms. The zero-order chi connectivity index (χ0) is 22.6. The Morgan fingerprint density at radius 1 is 1.31 bits per heavy atom. The van der Waals surface area contributed by atoms with Gasteiger partial charge in [-0.25, -0.2) is 23.1 Å². The third kappa shape index (κ3) is 4.38. The number of benzene rings is 1. The highest BCUT2D eigenvalue weighted by molar-refractivity contribution is 7.89. The Morgan fingerprint density at radius 2 is 2.19 bits per heavy atom. The molecule has 0 aliphatic rings. The molecule has 1 unspecified atom stereocenters. The number of hydrogen-bond donors (Lipinski definition) is 2. The number of H-pyrrole nitrogens is 1. The van der Waals surface area contributed by atoms with Gasteiger partial charge in [0.15, 0.2) is 0 Å². The first kappa shape index (κ1) is 21.6. The first-order chi connectivity index (χ1) is 15.5. The van der Waals surface area contributed by atoms with Gasteiger partial charge in [0, 0.05) is 37.0 Å². The summed E-state index contributed by atoms with van der Waals surface area (Å²) >= 11 is 0. The van der Waals surface area contributed by atoms with Crippen molar-refractivity contribution in [3.63, 3.8) is 0 Å². The molecule has 0 saturated carbocycles. The van der Waals surface area contributed by atoms with Gasteiger partial charge in [-0.05, 0) is 23.8 Å². The minimum absolute atomic E-state index is 0.116. The van der Waals surface area contributed by atoms with Crippen LogP contribution in [0.2, 0.25) is 0 Å². The molecule has 4 rings (SSSR count). The van der Waals surface area contributed by atoms with E-state index in [1.54, 1.807) is 41.5 Å². The molecule has 3 heterocycles. The number of aromatic amines is 1. The quantitative estimate of drug-likeness (QED) is 0.372. The largest absolute Gasteiger partial charge is 0.383 e. The smallest absolute Gasteiger partial charge is 0.240 e. The topological polar surface area (TPSA) is 139 Å². The maximum absolute atomic E-state index is 12.6. The monoisotopic (exact) mass is 451 g/mol. The Labute approximate surface area is 184 Å². The van der Waals surface area contributed by atoms with Crippen LogP contribution in [0.25, 0.3) is 22.3 Å². The van der Waals surface area contributed by atoms with Crippen molar-refractivity contribution in [3.8, 4) is 17.3 Å². The van der Waals surface area contributed by atoms with Crippen LogP contribution < -0.4 is 4.72 Å². The van der Waals surface area contributed by atoms with Crippen LogP contribution in [0.4, 0.5) is 0 Å². The van der Waals surface area contributed by atoms with E-state index in [9.17, 15) is 13.7 Å². The Hall–Kier alpha value is -3.59. The van der Waals surface area contributed by atoms with Crippen LogP contribution in [-0.4, -0.2) is 53.4 Å². The van der Waals surface area contributed by atoms with Gasteiger partial charge in [0.1, 0.15) is 12.0 Å². The summed E-state index contributed by atoms with van der Waals surface area (Å²) in [5.41, 5.74) is 2.86. The Morgan fingerprint density at radius 3 is 3.00 bits per heavy atom. The highest BCUT2D eigenvalue weighted by atomic mass is 32.2. The van der Waals surface area contributed by atoms with E-state index in [1.165, 1.54) is 19.5 Å². The van der Waals surface area contributed by atoms with E-state index in [0.717, 1.165) is 22.3 Å². The average Bonchev–Trinajstić information content (AvgIpc) is 3.47. The lowest BCUT2D eigenvalue weighted by Crippen LogP contribution is -2.27. The van der Waals surface area contributed by atoms with Gasteiger partial charge in [-0.15, -0.1) is 0 Å². The van der Waals surface area contributed by atoms with Crippen LogP contribution >= 0.6 is 0 Å². The number of nitrogens with one attached hydrogen (secondary N) is 2. The molecule has 0 radical (unpaired) electrons. The summed E-state index contributed by atoms with van der Waals surface area (Å²) in [6.45, 7) is 0.434. The van der Waals surface area contributed by atoms with Crippen molar-refractivity contribution in [2.75, 3.05) is 20.3 Å². The number of aromatic nitrogens is 5. The Bertz CT molecular complexity index is 1370. The fourth-order valence-electron chi connectivity index (χ4n) is 3.43. The minimum Gasteiger partial charge on any atom is -0.383 e. The molecule has 1 aromatic carbocycles.